The van der Waals surface area contributed by atoms with Crippen molar-refractivity contribution < 1.29 is 14.3 Å². The average Bonchev–Trinajstić information content (AvgIpc) is 2.88. The molecule has 162 valence electrons. The number of carbonyl (C=O) groups excluding carboxylic acids is 1. The molecule has 1 aliphatic rings. The molecule has 4 heteroatoms. The summed E-state index contributed by atoms with van der Waals surface area (Å²) in [7, 11) is 1.34. The monoisotopic (exact) mass is 433 g/mol. The third kappa shape index (κ3) is 4.49. The second kappa shape index (κ2) is 9.84. The molecule has 0 N–H and O–H groups in total. The van der Waals surface area contributed by atoms with Gasteiger partial charge in [-0.15, -0.1) is 0 Å². The van der Waals surface area contributed by atoms with E-state index in [4.69, 9.17) is 9.47 Å². The molecular weight excluding hydrogens is 410 g/mol. The topological polar surface area (TPSA) is 59.3 Å². The summed E-state index contributed by atoms with van der Waals surface area (Å²) in [6.07, 6.45) is 1.96. The molecule has 0 saturated carbocycles. The highest BCUT2D eigenvalue weighted by atomic mass is 16.5. The van der Waals surface area contributed by atoms with Gasteiger partial charge in [-0.2, -0.15) is 5.26 Å². The van der Waals surface area contributed by atoms with E-state index < -0.39 is 11.9 Å². The number of nitrogens with zero attached hydrogens (tertiary/aromatic N) is 1. The van der Waals surface area contributed by atoms with Crippen LogP contribution in [-0.4, -0.2) is 13.1 Å². The van der Waals surface area contributed by atoms with Crippen LogP contribution >= 0.6 is 0 Å². The van der Waals surface area contributed by atoms with Crippen LogP contribution in [-0.2, 0) is 14.3 Å². The number of benzene rings is 3. The minimum atomic E-state index is -0.623. The molecule has 4 rings (SSSR count). The van der Waals surface area contributed by atoms with Gasteiger partial charge in [-0.3, -0.25) is 0 Å². The number of carbonyl (C=O) groups is 1. The average molecular weight is 434 g/mol. The van der Waals surface area contributed by atoms with Crippen LogP contribution in [0.1, 0.15) is 29.5 Å². The van der Waals surface area contributed by atoms with Crippen LogP contribution in [0.15, 0.2) is 113 Å². The van der Waals surface area contributed by atoms with Crippen molar-refractivity contribution in [3.8, 4) is 6.07 Å². The fraction of sp³-hybridized carbons (Fsp3) is 0.103. The quantitative estimate of drug-likeness (QED) is 0.445. The number of allylic oxidation sites excluding steroid dienone is 2. The molecule has 1 atom stereocenters. The lowest BCUT2D eigenvalue weighted by molar-refractivity contribution is -0.136. The number of nitriles is 1. The molecule has 0 spiro atoms. The lowest BCUT2D eigenvalue weighted by Crippen LogP contribution is -2.23. The Morgan fingerprint density at radius 2 is 1.52 bits per heavy atom. The van der Waals surface area contributed by atoms with E-state index in [9.17, 15) is 10.1 Å². The van der Waals surface area contributed by atoms with E-state index >= 15 is 0 Å². The summed E-state index contributed by atoms with van der Waals surface area (Å²) >= 11 is 0. The zero-order chi connectivity index (χ0) is 23.2. The van der Waals surface area contributed by atoms with Gasteiger partial charge in [0.25, 0.3) is 0 Å². The number of hydrogen-bond acceptors (Lipinski definition) is 4. The molecule has 1 aliphatic heterocycles. The van der Waals surface area contributed by atoms with Crippen LogP contribution in [0.5, 0.6) is 0 Å². The van der Waals surface area contributed by atoms with E-state index in [2.05, 4.69) is 6.07 Å². The van der Waals surface area contributed by atoms with Gasteiger partial charge < -0.3 is 9.47 Å². The Morgan fingerprint density at radius 1 is 0.939 bits per heavy atom. The minimum Gasteiger partial charge on any atom is -0.466 e. The zero-order valence-electron chi connectivity index (χ0n) is 18.5. The second-order valence-corrected chi connectivity index (χ2v) is 7.64. The van der Waals surface area contributed by atoms with Crippen LogP contribution in [0.25, 0.3) is 11.8 Å². The van der Waals surface area contributed by atoms with Crippen LogP contribution in [0.3, 0.4) is 0 Å². The third-order valence-electron chi connectivity index (χ3n) is 5.51. The summed E-state index contributed by atoms with van der Waals surface area (Å²) < 4.78 is 11.5. The Balaban J connectivity index is 1.99. The maximum atomic E-state index is 13.1. The number of esters is 1. The first-order valence-corrected chi connectivity index (χ1v) is 10.6. The molecule has 3 aromatic rings. The van der Waals surface area contributed by atoms with Crippen LogP contribution in [0, 0.1) is 11.3 Å². The smallest absolute Gasteiger partial charge is 0.338 e. The highest BCUT2D eigenvalue weighted by molar-refractivity contribution is 5.95. The largest absolute Gasteiger partial charge is 0.466 e. The van der Waals surface area contributed by atoms with Crippen molar-refractivity contribution in [3.63, 3.8) is 0 Å². The molecule has 0 saturated heterocycles. The number of ether oxygens (including phenoxy) is 2. The summed E-state index contributed by atoms with van der Waals surface area (Å²) in [6.45, 7) is 1.90. The fourth-order valence-electron chi connectivity index (χ4n) is 3.99. The Hall–Kier alpha value is -4.36. The van der Waals surface area contributed by atoms with E-state index in [1.807, 2.05) is 104 Å². The van der Waals surface area contributed by atoms with Crippen molar-refractivity contribution in [2.45, 2.75) is 12.8 Å². The van der Waals surface area contributed by atoms with Crippen molar-refractivity contribution in [3.05, 3.63) is 130 Å². The Bertz CT molecular complexity index is 1280. The van der Waals surface area contributed by atoms with E-state index in [1.54, 1.807) is 0 Å². The molecule has 0 amide bonds. The highest BCUT2D eigenvalue weighted by Crippen LogP contribution is 2.45. The first-order valence-electron chi connectivity index (χ1n) is 10.6. The van der Waals surface area contributed by atoms with Crippen LogP contribution < -0.4 is 0 Å². The highest BCUT2D eigenvalue weighted by Gasteiger charge is 2.38. The standard InChI is InChI=1S/C29H23NO3/c1-20(18-21-12-6-3-7-13-21)27-26(29(31)32-2)25(22-14-8-4-9-15-22)24(19-30)28(33-27)23-16-10-5-11-17-23/h3-18,25H,1-2H3/b20-18+. The van der Waals surface area contributed by atoms with Crippen LogP contribution in [0.2, 0.25) is 0 Å². The summed E-state index contributed by atoms with van der Waals surface area (Å²) in [5.74, 6) is -0.311. The fourth-order valence-corrected chi connectivity index (χ4v) is 3.99. The molecular formula is C29H23NO3. The Kier molecular flexibility index (Phi) is 6.52. The lowest BCUT2D eigenvalue weighted by atomic mass is 9.80. The van der Waals surface area contributed by atoms with Gasteiger partial charge in [-0.1, -0.05) is 91.0 Å². The van der Waals surface area contributed by atoms with Gasteiger partial charge in [0.1, 0.15) is 11.5 Å². The Labute approximate surface area is 193 Å². The molecule has 0 aromatic heterocycles. The summed E-state index contributed by atoms with van der Waals surface area (Å²) in [6, 6.07) is 31.1. The number of methoxy groups -OCH3 is 1. The van der Waals surface area contributed by atoms with Crippen LogP contribution in [0.4, 0.5) is 0 Å². The van der Waals surface area contributed by atoms with Gasteiger partial charge in [0.15, 0.2) is 0 Å². The molecule has 0 radical (unpaired) electrons. The van der Waals surface area contributed by atoms with Crippen molar-refractivity contribution in [2.75, 3.05) is 7.11 Å². The number of hydrogen-bond donors (Lipinski definition) is 0. The molecule has 0 aliphatic carbocycles. The maximum absolute atomic E-state index is 13.1. The molecule has 33 heavy (non-hydrogen) atoms. The van der Waals surface area contributed by atoms with Crippen molar-refractivity contribution in [1.29, 1.82) is 5.26 Å². The molecule has 0 fully saturated rings. The van der Waals surface area contributed by atoms with Gasteiger partial charge in [0.2, 0.25) is 0 Å². The maximum Gasteiger partial charge on any atom is 0.338 e. The van der Waals surface area contributed by atoms with Gasteiger partial charge in [0.05, 0.1) is 30.2 Å². The number of rotatable bonds is 5. The summed E-state index contributed by atoms with van der Waals surface area (Å²) in [4.78, 5) is 13.1. The van der Waals surface area contributed by atoms with Gasteiger partial charge in [0, 0.05) is 5.56 Å². The third-order valence-corrected chi connectivity index (χ3v) is 5.51. The predicted molar refractivity (Wildman–Crippen MR) is 128 cm³/mol. The van der Waals surface area contributed by atoms with Gasteiger partial charge in [-0.25, -0.2) is 4.79 Å². The zero-order valence-corrected chi connectivity index (χ0v) is 18.5. The van der Waals surface area contributed by atoms with E-state index in [1.165, 1.54) is 7.11 Å². The first-order chi connectivity index (χ1) is 16.1. The first kappa shape index (κ1) is 21.9. The van der Waals surface area contributed by atoms with E-state index in [0.717, 1.165) is 22.3 Å². The molecule has 1 heterocycles. The summed E-state index contributed by atoms with van der Waals surface area (Å²) in [5.41, 5.74) is 3.99. The molecule has 0 bridgehead atoms. The van der Waals surface area contributed by atoms with Gasteiger partial charge in [-0.05, 0) is 29.7 Å². The van der Waals surface area contributed by atoms with E-state index in [0.29, 0.717) is 22.7 Å². The molecule has 4 nitrogen and oxygen atoms in total. The molecule has 3 aromatic carbocycles. The van der Waals surface area contributed by atoms with Crippen molar-refractivity contribution in [2.24, 2.45) is 0 Å². The van der Waals surface area contributed by atoms with E-state index in [-0.39, 0.29) is 0 Å². The SMILES string of the molecule is COC(=O)C1=C(/C(C)=C/c2ccccc2)OC(c2ccccc2)=C(C#N)C1c1ccccc1. The second-order valence-electron chi connectivity index (χ2n) is 7.64. The normalized spacial score (nSPS) is 16.2. The minimum absolute atomic E-state index is 0.310. The molecule has 1 unspecified atom stereocenters. The predicted octanol–water partition coefficient (Wildman–Crippen LogP) is 6.27. The summed E-state index contributed by atoms with van der Waals surface area (Å²) in [5, 5.41) is 10.2. The van der Waals surface area contributed by atoms with Crippen molar-refractivity contribution >= 4 is 17.8 Å². The van der Waals surface area contributed by atoms with Gasteiger partial charge >= 0.3 is 5.97 Å². The Morgan fingerprint density at radius 3 is 2.09 bits per heavy atom. The van der Waals surface area contributed by atoms with Crippen molar-refractivity contribution in [1.82, 2.24) is 0 Å². The lowest BCUT2D eigenvalue weighted by Gasteiger charge is -2.30.